The fraction of sp³-hybridized carbons (Fsp3) is 0.636. The molecule has 1 fully saturated rings. The molecule has 2 unspecified atom stereocenters. The van der Waals surface area contributed by atoms with Crippen molar-refractivity contribution in [2.45, 2.75) is 32.2 Å². The third-order valence-corrected chi connectivity index (χ3v) is 2.65. The Hall–Kier alpha value is -0.560. The summed E-state index contributed by atoms with van der Waals surface area (Å²) in [6, 6.07) is 0.634. The SMILES string of the molecule is C=CC(=C)C1CCCNC(C)C1. The highest BCUT2D eigenvalue weighted by Crippen LogP contribution is 2.23. The van der Waals surface area contributed by atoms with Gasteiger partial charge in [0.05, 0.1) is 0 Å². The van der Waals surface area contributed by atoms with Crippen LogP contribution in [0, 0.1) is 5.92 Å². The number of hydrogen-bond donors (Lipinski definition) is 1. The summed E-state index contributed by atoms with van der Waals surface area (Å²) in [5.41, 5.74) is 1.21. The van der Waals surface area contributed by atoms with Gasteiger partial charge in [0.25, 0.3) is 0 Å². The highest BCUT2D eigenvalue weighted by atomic mass is 14.9. The molecule has 0 aromatic carbocycles. The van der Waals surface area contributed by atoms with E-state index in [1.165, 1.54) is 24.8 Å². The Balaban J connectivity index is 2.51. The minimum Gasteiger partial charge on any atom is -0.314 e. The van der Waals surface area contributed by atoms with Crippen molar-refractivity contribution in [1.82, 2.24) is 5.32 Å². The summed E-state index contributed by atoms with van der Waals surface area (Å²) in [4.78, 5) is 0. The molecule has 1 rings (SSSR count). The second-order valence-corrected chi connectivity index (χ2v) is 3.71. The van der Waals surface area contributed by atoms with Crippen molar-refractivity contribution in [3.8, 4) is 0 Å². The van der Waals surface area contributed by atoms with Crippen LogP contribution in [-0.2, 0) is 0 Å². The zero-order chi connectivity index (χ0) is 8.97. The third kappa shape index (κ3) is 2.49. The van der Waals surface area contributed by atoms with Crippen LogP contribution in [-0.4, -0.2) is 12.6 Å². The van der Waals surface area contributed by atoms with Gasteiger partial charge in [0.1, 0.15) is 0 Å². The quantitative estimate of drug-likeness (QED) is 0.620. The van der Waals surface area contributed by atoms with E-state index in [1.54, 1.807) is 0 Å². The molecule has 1 saturated heterocycles. The molecular formula is C11H19N. The average Bonchev–Trinajstić information content (AvgIpc) is 2.28. The van der Waals surface area contributed by atoms with E-state index < -0.39 is 0 Å². The molecule has 68 valence electrons. The minimum atomic E-state index is 0.634. The van der Waals surface area contributed by atoms with Crippen LogP contribution in [0.15, 0.2) is 24.8 Å². The Bertz CT molecular complexity index is 172. The molecule has 0 spiro atoms. The Labute approximate surface area is 75.6 Å². The zero-order valence-electron chi connectivity index (χ0n) is 7.97. The van der Waals surface area contributed by atoms with Gasteiger partial charge in [0.2, 0.25) is 0 Å². The Morgan fingerprint density at radius 1 is 1.58 bits per heavy atom. The molecule has 0 radical (unpaired) electrons. The van der Waals surface area contributed by atoms with Crippen LogP contribution in [0.3, 0.4) is 0 Å². The number of hydrogen-bond acceptors (Lipinski definition) is 1. The fourth-order valence-corrected chi connectivity index (χ4v) is 1.83. The first-order chi connectivity index (χ1) is 5.74. The van der Waals surface area contributed by atoms with Crippen LogP contribution < -0.4 is 5.32 Å². The predicted octanol–water partition coefficient (Wildman–Crippen LogP) is 2.51. The van der Waals surface area contributed by atoms with Crippen LogP contribution in [0.25, 0.3) is 0 Å². The van der Waals surface area contributed by atoms with Crippen LogP contribution >= 0.6 is 0 Å². The van der Waals surface area contributed by atoms with Gasteiger partial charge >= 0.3 is 0 Å². The summed E-state index contributed by atoms with van der Waals surface area (Å²) in [5, 5.41) is 3.48. The first-order valence-electron chi connectivity index (χ1n) is 4.78. The van der Waals surface area contributed by atoms with E-state index in [1.807, 2.05) is 6.08 Å². The highest BCUT2D eigenvalue weighted by Gasteiger charge is 2.17. The van der Waals surface area contributed by atoms with Gasteiger partial charge in [-0.15, -0.1) is 0 Å². The maximum Gasteiger partial charge on any atom is 0.00445 e. The lowest BCUT2D eigenvalue weighted by atomic mass is 9.91. The van der Waals surface area contributed by atoms with Gasteiger partial charge in [-0.1, -0.05) is 24.8 Å². The second-order valence-electron chi connectivity index (χ2n) is 3.71. The van der Waals surface area contributed by atoms with Crippen molar-refractivity contribution < 1.29 is 0 Å². The van der Waals surface area contributed by atoms with Gasteiger partial charge in [-0.05, 0) is 38.6 Å². The molecular weight excluding hydrogens is 146 g/mol. The third-order valence-electron chi connectivity index (χ3n) is 2.65. The molecule has 0 aliphatic carbocycles. The topological polar surface area (TPSA) is 12.0 Å². The summed E-state index contributed by atoms with van der Waals surface area (Å²) >= 11 is 0. The van der Waals surface area contributed by atoms with Crippen molar-refractivity contribution in [3.63, 3.8) is 0 Å². The number of rotatable bonds is 2. The average molecular weight is 165 g/mol. The molecule has 1 N–H and O–H groups in total. The summed E-state index contributed by atoms with van der Waals surface area (Å²) in [5.74, 6) is 0.660. The van der Waals surface area contributed by atoms with Gasteiger partial charge < -0.3 is 5.32 Å². The largest absolute Gasteiger partial charge is 0.314 e. The lowest BCUT2D eigenvalue weighted by Gasteiger charge is -2.17. The first kappa shape index (κ1) is 9.53. The van der Waals surface area contributed by atoms with E-state index in [2.05, 4.69) is 25.4 Å². The maximum atomic E-state index is 4.03. The molecule has 2 atom stereocenters. The van der Waals surface area contributed by atoms with Gasteiger partial charge in [-0.25, -0.2) is 0 Å². The van der Waals surface area contributed by atoms with Crippen LogP contribution in [0.1, 0.15) is 26.2 Å². The molecule has 1 heteroatoms. The normalized spacial score (nSPS) is 30.8. The van der Waals surface area contributed by atoms with Gasteiger partial charge in [-0.3, -0.25) is 0 Å². The Kier molecular flexibility index (Phi) is 3.54. The smallest absolute Gasteiger partial charge is 0.00445 e. The van der Waals surface area contributed by atoms with Gasteiger partial charge in [0, 0.05) is 6.04 Å². The summed E-state index contributed by atoms with van der Waals surface area (Å²) in [7, 11) is 0. The van der Waals surface area contributed by atoms with E-state index in [0.717, 1.165) is 6.54 Å². The molecule has 1 nitrogen and oxygen atoms in total. The van der Waals surface area contributed by atoms with E-state index in [9.17, 15) is 0 Å². The monoisotopic (exact) mass is 165 g/mol. The number of nitrogens with one attached hydrogen (secondary N) is 1. The van der Waals surface area contributed by atoms with Crippen molar-refractivity contribution in [2.24, 2.45) is 5.92 Å². The zero-order valence-corrected chi connectivity index (χ0v) is 7.97. The van der Waals surface area contributed by atoms with Crippen LogP contribution in [0.2, 0.25) is 0 Å². The molecule has 0 saturated carbocycles. The summed E-state index contributed by atoms with van der Waals surface area (Å²) < 4.78 is 0. The van der Waals surface area contributed by atoms with E-state index in [-0.39, 0.29) is 0 Å². The van der Waals surface area contributed by atoms with Crippen molar-refractivity contribution in [2.75, 3.05) is 6.54 Å². The minimum absolute atomic E-state index is 0.634. The Morgan fingerprint density at radius 2 is 2.33 bits per heavy atom. The first-order valence-corrected chi connectivity index (χ1v) is 4.78. The molecule has 0 amide bonds. The molecule has 1 aliphatic heterocycles. The molecule has 0 bridgehead atoms. The summed E-state index contributed by atoms with van der Waals surface area (Å²) in [6.45, 7) is 11.2. The summed E-state index contributed by atoms with van der Waals surface area (Å²) in [6.07, 6.45) is 5.65. The molecule has 0 aromatic rings. The van der Waals surface area contributed by atoms with Crippen molar-refractivity contribution >= 4 is 0 Å². The van der Waals surface area contributed by atoms with Crippen LogP contribution in [0.5, 0.6) is 0 Å². The van der Waals surface area contributed by atoms with E-state index >= 15 is 0 Å². The standard InChI is InChI=1S/C11H19N/c1-4-9(2)11-6-5-7-12-10(3)8-11/h4,10-12H,1-2,5-8H2,3H3. The lowest BCUT2D eigenvalue weighted by Crippen LogP contribution is -2.25. The van der Waals surface area contributed by atoms with Crippen molar-refractivity contribution in [3.05, 3.63) is 24.8 Å². The lowest BCUT2D eigenvalue weighted by molar-refractivity contribution is 0.486. The second kappa shape index (κ2) is 4.46. The van der Waals surface area contributed by atoms with E-state index in [0.29, 0.717) is 12.0 Å². The fourth-order valence-electron chi connectivity index (χ4n) is 1.83. The van der Waals surface area contributed by atoms with Gasteiger partial charge in [0.15, 0.2) is 0 Å². The van der Waals surface area contributed by atoms with Gasteiger partial charge in [-0.2, -0.15) is 0 Å². The van der Waals surface area contributed by atoms with Crippen molar-refractivity contribution in [1.29, 1.82) is 0 Å². The van der Waals surface area contributed by atoms with Crippen LogP contribution in [0.4, 0.5) is 0 Å². The maximum absolute atomic E-state index is 4.03. The molecule has 0 aromatic heterocycles. The molecule has 1 aliphatic rings. The molecule has 1 heterocycles. The predicted molar refractivity (Wildman–Crippen MR) is 54.1 cm³/mol. The Morgan fingerprint density at radius 3 is 3.00 bits per heavy atom. The molecule has 12 heavy (non-hydrogen) atoms. The van der Waals surface area contributed by atoms with E-state index in [4.69, 9.17) is 0 Å². The highest BCUT2D eigenvalue weighted by molar-refractivity contribution is 5.15. The number of allylic oxidation sites excluding steroid dienone is 2.